The zero-order valence-corrected chi connectivity index (χ0v) is 34.8. The second-order valence-corrected chi connectivity index (χ2v) is 12.1. The number of hydrogen-bond donors (Lipinski definition) is 2. The molecule has 0 unspecified atom stereocenters. The van der Waals surface area contributed by atoms with Crippen molar-refractivity contribution in [3.63, 3.8) is 0 Å². The Labute approximate surface area is 343 Å². The molecule has 0 atom stereocenters. The van der Waals surface area contributed by atoms with E-state index in [-0.39, 0.29) is 13.2 Å². The summed E-state index contributed by atoms with van der Waals surface area (Å²) in [4.78, 5) is 0. The lowest BCUT2D eigenvalue weighted by Gasteiger charge is -2.18. The molecule has 58 heavy (non-hydrogen) atoms. The highest BCUT2D eigenvalue weighted by molar-refractivity contribution is 5.54. The van der Waals surface area contributed by atoms with Gasteiger partial charge in [0.15, 0.2) is 23.0 Å². The third-order valence-electron chi connectivity index (χ3n) is 7.85. The van der Waals surface area contributed by atoms with Gasteiger partial charge < -0.3 is 81.3 Å². The molecule has 0 saturated carbocycles. The highest BCUT2D eigenvalue weighted by atomic mass is 16.6. The Morgan fingerprint density at radius 1 is 0.328 bits per heavy atom. The van der Waals surface area contributed by atoms with Gasteiger partial charge in [-0.3, -0.25) is 0 Å². The van der Waals surface area contributed by atoms with E-state index in [2.05, 4.69) is 0 Å². The van der Waals surface area contributed by atoms with Gasteiger partial charge >= 0.3 is 0 Å². The van der Waals surface area contributed by atoms with Crippen LogP contribution in [0.25, 0.3) is 0 Å². The number of hydrogen-bond acceptors (Lipinski definition) is 17. The van der Waals surface area contributed by atoms with E-state index in [9.17, 15) is 0 Å². The predicted octanol–water partition coefficient (Wildman–Crippen LogP) is 2.41. The molecular weight excluding hydrogens is 764 g/mol. The Morgan fingerprint density at radius 2 is 0.638 bits per heavy atom. The number of benzene rings is 2. The van der Waals surface area contributed by atoms with Gasteiger partial charge in [0.25, 0.3) is 0 Å². The highest BCUT2D eigenvalue weighted by Gasteiger charge is 2.16. The number of ether oxygens (including phenoxy) is 15. The van der Waals surface area contributed by atoms with E-state index in [1.807, 2.05) is 30.3 Å². The number of rotatable bonds is 42. The number of aryl methyl sites for hydroxylation is 2. The molecule has 0 bridgehead atoms. The first kappa shape index (κ1) is 51.1. The summed E-state index contributed by atoms with van der Waals surface area (Å²) in [5.41, 5.74) is 2.10. The SMILES string of the molecule is COc1ccc(CCc2cc(OCCOCCOCCOCCOCCOCCO)c(OC)c(OCCOCCOCCOCCOCCOCCO)c2)cc1OC. The van der Waals surface area contributed by atoms with Gasteiger partial charge in [0.2, 0.25) is 5.75 Å². The average molecular weight is 833 g/mol. The van der Waals surface area contributed by atoms with Crippen molar-refractivity contribution in [1.82, 2.24) is 0 Å². The Bertz CT molecular complexity index is 1180. The van der Waals surface area contributed by atoms with Crippen LogP contribution in [0.4, 0.5) is 0 Å². The first-order valence-corrected chi connectivity index (χ1v) is 19.8. The fourth-order valence-corrected chi connectivity index (χ4v) is 5.03. The fourth-order valence-electron chi connectivity index (χ4n) is 5.03. The monoisotopic (exact) mass is 832 g/mol. The van der Waals surface area contributed by atoms with Crippen LogP contribution in [0, 0.1) is 0 Å². The van der Waals surface area contributed by atoms with Crippen LogP contribution >= 0.6 is 0 Å². The second kappa shape index (κ2) is 37.0. The summed E-state index contributed by atoms with van der Waals surface area (Å²) >= 11 is 0. The lowest BCUT2D eigenvalue weighted by Crippen LogP contribution is -2.15. The lowest BCUT2D eigenvalue weighted by molar-refractivity contribution is -0.0148. The van der Waals surface area contributed by atoms with Crippen molar-refractivity contribution in [2.75, 3.05) is 180 Å². The van der Waals surface area contributed by atoms with Crippen molar-refractivity contribution >= 4 is 0 Å². The molecule has 0 radical (unpaired) electrons. The molecular formula is C41H68O17. The maximum atomic E-state index is 8.67. The number of methoxy groups -OCH3 is 3. The minimum absolute atomic E-state index is 0.00650. The third kappa shape index (κ3) is 25.4. The van der Waals surface area contributed by atoms with Crippen LogP contribution in [0.3, 0.4) is 0 Å². The molecule has 334 valence electrons. The summed E-state index contributed by atoms with van der Waals surface area (Å²) in [7, 11) is 4.83. The van der Waals surface area contributed by atoms with Gasteiger partial charge in [-0.25, -0.2) is 0 Å². The fraction of sp³-hybridized carbons (Fsp3) is 0.707. The lowest BCUT2D eigenvalue weighted by atomic mass is 10.0. The van der Waals surface area contributed by atoms with E-state index in [1.165, 1.54) is 0 Å². The van der Waals surface area contributed by atoms with Crippen molar-refractivity contribution < 1.29 is 81.3 Å². The van der Waals surface area contributed by atoms with E-state index in [0.717, 1.165) is 17.5 Å². The molecule has 2 aromatic rings. The Balaban J connectivity index is 1.73. The van der Waals surface area contributed by atoms with E-state index >= 15 is 0 Å². The molecule has 0 aliphatic heterocycles. The van der Waals surface area contributed by atoms with E-state index < -0.39 is 0 Å². The Kier molecular flexibility index (Phi) is 32.6. The normalized spacial score (nSPS) is 11.3. The van der Waals surface area contributed by atoms with Gasteiger partial charge in [-0.2, -0.15) is 0 Å². The zero-order chi connectivity index (χ0) is 41.6. The smallest absolute Gasteiger partial charge is 0.203 e. The van der Waals surface area contributed by atoms with Gasteiger partial charge in [-0.05, 0) is 48.2 Å². The van der Waals surface area contributed by atoms with E-state index in [0.29, 0.717) is 181 Å². The van der Waals surface area contributed by atoms with Crippen LogP contribution in [0.15, 0.2) is 30.3 Å². The predicted molar refractivity (Wildman–Crippen MR) is 213 cm³/mol. The molecule has 2 aromatic carbocycles. The number of aliphatic hydroxyl groups is 2. The Morgan fingerprint density at radius 3 is 0.966 bits per heavy atom. The van der Waals surface area contributed by atoms with Gasteiger partial charge in [0.1, 0.15) is 13.2 Å². The molecule has 17 nitrogen and oxygen atoms in total. The van der Waals surface area contributed by atoms with Gasteiger partial charge in [-0.1, -0.05) is 6.07 Å². The minimum Gasteiger partial charge on any atom is -0.493 e. The van der Waals surface area contributed by atoms with Crippen LogP contribution in [0.2, 0.25) is 0 Å². The van der Waals surface area contributed by atoms with Crippen molar-refractivity contribution in [2.24, 2.45) is 0 Å². The van der Waals surface area contributed by atoms with Crippen molar-refractivity contribution in [2.45, 2.75) is 12.8 Å². The first-order valence-electron chi connectivity index (χ1n) is 19.8. The summed E-state index contributed by atoms with van der Waals surface area (Å²) in [6.45, 7) is 9.14. The van der Waals surface area contributed by atoms with Crippen molar-refractivity contribution in [3.05, 3.63) is 41.5 Å². The molecule has 0 spiro atoms. The second-order valence-electron chi connectivity index (χ2n) is 12.1. The van der Waals surface area contributed by atoms with Crippen LogP contribution in [0.5, 0.6) is 28.7 Å². The van der Waals surface area contributed by atoms with Crippen LogP contribution < -0.4 is 23.7 Å². The van der Waals surface area contributed by atoms with Crippen LogP contribution in [-0.4, -0.2) is 190 Å². The van der Waals surface area contributed by atoms with Gasteiger partial charge in [0, 0.05) is 0 Å². The van der Waals surface area contributed by atoms with Gasteiger partial charge in [0.05, 0.1) is 167 Å². The molecule has 2 N–H and O–H groups in total. The summed E-state index contributed by atoms with van der Waals surface area (Å²) in [6.07, 6.45) is 1.46. The number of aliphatic hydroxyl groups excluding tert-OH is 2. The maximum absolute atomic E-state index is 8.67. The van der Waals surface area contributed by atoms with Crippen LogP contribution in [0.1, 0.15) is 11.1 Å². The van der Waals surface area contributed by atoms with Crippen molar-refractivity contribution in [3.8, 4) is 28.7 Å². The van der Waals surface area contributed by atoms with Crippen molar-refractivity contribution in [1.29, 1.82) is 0 Å². The van der Waals surface area contributed by atoms with E-state index in [4.69, 9.17) is 81.3 Å². The molecule has 17 heteroatoms. The zero-order valence-electron chi connectivity index (χ0n) is 34.8. The maximum Gasteiger partial charge on any atom is 0.203 e. The molecule has 0 fully saturated rings. The largest absolute Gasteiger partial charge is 0.493 e. The highest BCUT2D eigenvalue weighted by Crippen LogP contribution is 2.39. The average Bonchev–Trinajstić information content (AvgIpc) is 3.24. The quantitative estimate of drug-likeness (QED) is 0.0932. The molecule has 0 saturated heterocycles. The summed E-state index contributed by atoms with van der Waals surface area (Å²) in [6, 6.07) is 9.83. The summed E-state index contributed by atoms with van der Waals surface area (Å²) in [5, 5.41) is 17.3. The Hall–Kier alpha value is -3.04. The summed E-state index contributed by atoms with van der Waals surface area (Å²) < 4.78 is 83.5. The minimum atomic E-state index is 0.00650. The third-order valence-corrected chi connectivity index (χ3v) is 7.85. The topological polar surface area (TPSA) is 179 Å². The molecule has 0 aliphatic carbocycles. The first-order chi connectivity index (χ1) is 28.7. The van der Waals surface area contributed by atoms with E-state index in [1.54, 1.807) is 21.3 Å². The molecule has 2 rings (SSSR count). The summed E-state index contributed by atoms with van der Waals surface area (Å²) in [5.74, 6) is 2.95. The van der Waals surface area contributed by atoms with Crippen LogP contribution in [-0.2, 0) is 60.2 Å². The van der Waals surface area contributed by atoms with Gasteiger partial charge in [-0.15, -0.1) is 0 Å². The molecule has 0 aliphatic rings. The standard InChI is InChI=1S/C41H68O17/c1-44-37-7-6-35(32-38(37)45-2)4-5-36-33-39(57-30-28-55-26-24-53-22-20-51-18-16-49-14-12-47-10-8-42)41(46-3)40(34-36)58-31-29-56-27-25-54-23-21-52-19-17-50-15-13-48-11-9-43/h6-7,32-34,42-43H,4-5,8-31H2,1-3H3. The molecule has 0 aromatic heterocycles. The molecule has 0 heterocycles. The molecule has 0 amide bonds.